The molecule has 0 saturated carbocycles. The molecule has 0 amide bonds. The Morgan fingerprint density at radius 1 is 0.200 bits per heavy atom. The van der Waals surface area contributed by atoms with Gasteiger partial charge in [-0.25, -0.2) is 0 Å². The molecular formula is C54H92O46. The lowest BCUT2D eigenvalue weighted by atomic mass is 9.99. The average Bonchev–Trinajstić information content (AvgIpc) is 1.57. The molecule has 46 nitrogen and oxygen atoms in total. The van der Waals surface area contributed by atoms with Crippen LogP contribution in [0.25, 0.3) is 0 Å². The summed E-state index contributed by atoms with van der Waals surface area (Å²) in [6.07, 6.45) is -61.9. The lowest BCUT2D eigenvalue weighted by molar-refractivity contribution is -0.407. The number of ether oxygens (including phenoxy) is 17. The first kappa shape index (κ1) is 82.2. The maximum absolute atomic E-state index is 12.0. The van der Waals surface area contributed by atoms with E-state index in [-0.39, 0.29) is 0 Å². The van der Waals surface area contributed by atoms with Crippen molar-refractivity contribution in [2.45, 2.75) is 223 Å². The van der Waals surface area contributed by atoms with Crippen LogP contribution in [0.2, 0.25) is 0 Å². The van der Waals surface area contributed by atoms with Crippen molar-refractivity contribution in [2.75, 3.05) is 112 Å². The molecule has 0 radical (unpaired) electrons. The lowest BCUT2D eigenvalue weighted by Gasteiger charge is -2.45. The Morgan fingerprint density at radius 3 is 0.590 bits per heavy atom. The highest BCUT2D eigenvalue weighted by Gasteiger charge is 2.69. The fourth-order valence-corrected chi connectivity index (χ4v) is 13.2. The zero-order valence-corrected chi connectivity index (χ0v) is 52.7. The van der Waals surface area contributed by atoms with Crippen LogP contribution in [0, 0.1) is 0 Å². The van der Waals surface area contributed by atoms with Gasteiger partial charge in [-0.15, -0.1) is 0 Å². The number of aliphatic hydroxyl groups excluding tert-OH is 29. The quantitative estimate of drug-likeness (QED) is 0.0290. The molecule has 29 N–H and O–H groups in total. The van der Waals surface area contributed by atoms with Crippen molar-refractivity contribution in [3.63, 3.8) is 0 Å². The van der Waals surface area contributed by atoms with Crippen LogP contribution in [-0.2, 0) is 80.5 Å². The summed E-state index contributed by atoms with van der Waals surface area (Å²) in [6.45, 7) is -21.6. The standard InChI is InChI=1S/C54H92O46/c55-1-18-27(65)36(74)37(75)46(91-18)100-54(45(83)35(73)26(9-63)99-54)17-90-53(44(82)34(72)25(8-62)98-53)16-89-52(43(81)33(71)24(7-61)97-52)15-88-51(42(80)32(70)23(6-60)96-51)14-87-50(41(79)31(69)22(5-59)95-50)13-86-49(40(78)30(68)21(4-58)94-49)12-85-48(39(77)29(67)20(3-57)93-48)11-84-47(10-64)38(76)28(66)19(2-56)92-47/h18-46,55-83H,1-17H2/t18-,19-,20-,21-,22-,23-,24-,25-,26-,27-,28-,29-,30-,31-,32-,33-,34-,35-,36+,37-,38+,39+,40+,41+,42+,43+,44+,45+,46-,47-,48-,49-,50-,51-,52-,53-,54+/m1/s1. The molecule has 9 saturated heterocycles. The summed E-state index contributed by atoms with van der Waals surface area (Å²) in [5.74, 6) is -24.1. The number of aliphatic hydroxyl groups is 29. The summed E-state index contributed by atoms with van der Waals surface area (Å²) < 4.78 is 99.0. The average molecular weight is 1480 g/mol. The van der Waals surface area contributed by atoms with Crippen LogP contribution in [0.15, 0.2) is 0 Å². The SMILES string of the molecule is OC[C@H]1O[C@@](CO)(OC[C@@]2(OC[C@@]3(OC[C@@]4(OC[C@@]5(OC[C@@]6(OC[C@@]7(OC[C@@]8(O[C@H]9O[C@H](CO)[C@@H](O)[C@H](O)[C@H]9O)O[C@H](CO)[C@@H](O)[C@@H]8O)O[C@H](CO)[C@@H](O)[C@@H]7O)O[C@H](CO)[C@@H](O)[C@@H]6O)O[C@H](CO)[C@@H](O)[C@@H]5O)O[C@H](CO)[C@@H](O)[C@@H]4O)O[C@H](CO)[C@@H](O)[C@@H]3O)O[C@H](CO)[C@@H](O)[C@@H]2O)[C@@H](O)[C@@H]1O. The van der Waals surface area contributed by atoms with Crippen molar-refractivity contribution in [3.05, 3.63) is 0 Å². The molecule has 0 aromatic carbocycles. The van der Waals surface area contributed by atoms with E-state index in [2.05, 4.69) is 0 Å². The van der Waals surface area contributed by atoms with E-state index in [9.17, 15) is 148 Å². The van der Waals surface area contributed by atoms with Gasteiger partial charge >= 0.3 is 0 Å². The van der Waals surface area contributed by atoms with Crippen molar-refractivity contribution in [1.82, 2.24) is 0 Å². The first-order valence-electron chi connectivity index (χ1n) is 31.4. The van der Waals surface area contributed by atoms with E-state index in [1.54, 1.807) is 0 Å². The van der Waals surface area contributed by atoms with Crippen molar-refractivity contribution in [3.8, 4) is 0 Å². The second-order valence-corrected chi connectivity index (χ2v) is 25.7. The van der Waals surface area contributed by atoms with Gasteiger partial charge in [0, 0.05) is 0 Å². The first-order chi connectivity index (χ1) is 47.2. The molecule has 9 aliphatic rings. The Bertz CT molecular complexity index is 2600. The number of hydrogen-bond acceptors (Lipinski definition) is 46. The maximum Gasteiger partial charge on any atom is 0.224 e. The molecule has 9 aliphatic heterocycles. The summed E-state index contributed by atoms with van der Waals surface area (Å²) in [6, 6.07) is 0. The zero-order valence-electron chi connectivity index (χ0n) is 52.7. The number of hydrogen-bond donors (Lipinski definition) is 29. The second kappa shape index (κ2) is 32.2. The molecule has 46 heteroatoms. The molecule has 37 atom stereocenters. The van der Waals surface area contributed by atoms with Gasteiger partial charge in [-0.05, 0) is 0 Å². The van der Waals surface area contributed by atoms with E-state index in [0.717, 1.165) is 0 Å². The van der Waals surface area contributed by atoms with Gasteiger partial charge in [0.2, 0.25) is 46.3 Å². The van der Waals surface area contributed by atoms with E-state index in [1.807, 2.05) is 0 Å². The Balaban J connectivity index is 1.03. The maximum atomic E-state index is 12.0. The van der Waals surface area contributed by atoms with E-state index in [4.69, 9.17) is 80.5 Å². The zero-order chi connectivity index (χ0) is 73.8. The van der Waals surface area contributed by atoms with Crippen LogP contribution in [0.5, 0.6) is 0 Å². The molecule has 9 fully saturated rings. The van der Waals surface area contributed by atoms with Gasteiger partial charge < -0.3 is 229 Å². The van der Waals surface area contributed by atoms with Crippen LogP contribution in [0.1, 0.15) is 0 Å². The highest BCUT2D eigenvalue weighted by Crippen LogP contribution is 2.47. The van der Waals surface area contributed by atoms with Gasteiger partial charge in [0.25, 0.3) is 0 Å². The Labute approximate surface area is 563 Å². The summed E-state index contributed by atoms with van der Waals surface area (Å²) in [4.78, 5) is 0. The van der Waals surface area contributed by atoms with Crippen LogP contribution in [-0.4, -0.2) is 484 Å². The molecule has 0 aliphatic carbocycles. The Hall–Kier alpha value is -1.84. The molecule has 9 rings (SSSR count). The highest BCUT2D eigenvalue weighted by molar-refractivity contribution is 5.08. The molecule has 0 bridgehead atoms. The minimum Gasteiger partial charge on any atom is -0.394 e. The van der Waals surface area contributed by atoms with Crippen LogP contribution < -0.4 is 0 Å². The summed E-state index contributed by atoms with van der Waals surface area (Å²) in [5.41, 5.74) is 0. The third-order valence-corrected chi connectivity index (χ3v) is 19.5. The summed E-state index contributed by atoms with van der Waals surface area (Å²) >= 11 is 0. The second-order valence-electron chi connectivity index (χ2n) is 25.7. The summed E-state index contributed by atoms with van der Waals surface area (Å²) in [7, 11) is 0. The van der Waals surface area contributed by atoms with Crippen molar-refractivity contribution < 1.29 is 229 Å². The van der Waals surface area contributed by atoms with Gasteiger partial charge in [-0.1, -0.05) is 0 Å². The largest absolute Gasteiger partial charge is 0.394 e. The minimum atomic E-state index is -3.15. The molecular weight excluding hydrogens is 1380 g/mol. The predicted octanol–water partition coefficient (Wildman–Crippen LogP) is -20.6. The van der Waals surface area contributed by atoms with Crippen molar-refractivity contribution in [1.29, 1.82) is 0 Å². The smallest absolute Gasteiger partial charge is 0.224 e. The Morgan fingerprint density at radius 2 is 0.380 bits per heavy atom. The first-order valence-corrected chi connectivity index (χ1v) is 31.4. The van der Waals surface area contributed by atoms with Crippen LogP contribution in [0.3, 0.4) is 0 Å². The van der Waals surface area contributed by atoms with Crippen molar-refractivity contribution in [2.24, 2.45) is 0 Å². The Kier molecular flexibility index (Phi) is 26.4. The third kappa shape index (κ3) is 14.5. The third-order valence-electron chi connectivity index (χ3n) is 19.5. The lowest BCUT2D eigenvalue weighted by Crippen LogP contribution is -2.64. The molecule has 100 heavy (non-hydrogen) atoms. The topological polar surface area (TPSA) is 744 Å². The molecule has 0 unspecified atom stereocenters. The van der Waals surface area contributed by atoms with Gasteiger partial charge in [-0.2, -0.15) is 0 Å². The van der Waals surface area contributed by atoms with E-state index in [0.29, 0.717) is 0 Å². The van der Waals surface area contributed by atoms with Crippen molar-refractivity contribution >= 4 is 0 Å². The highest BCUT2D eigenvalue weighted by atomic mass is 16.9. The molecule has 0 aromatic rings. The number of rotatable bonds is 33. The van der Waals surface area contributed by atoms with Gasteiger partial charge in [0.1, 0.15) is 224 Å². The molecule has 0 spiro atoms. The molecule has 0 aromatic heterocycles. The fraction of sp³-hybridized carbons (Fsp3) is 1.00. The summed E-state index contributed by atoms with van der Waals surface area (Å²) in [5, 5.41) is 316. The normalized spacial score (nSPS) is 52.7. The fourth-order valence-electron chi connectivity index (χ4n) is 13.2. The van der Waals surface area contributed by atoms with E-state index in [1.165, 1.54) is 0 Å². The minimum absolute atomic E-state index is 0.949. The molecule has 584 valence electrons. The van der Waals surface area contributed by atoms with E-state index >= 15 is 0 Å². The van der Waals surface area contributed by atoms with Gasteiger partial charge in [0.05, 0.1) is 59.5 Å². The van der Waals surface area contributed by atoms with Gasteiger partial charge in [0.15, 0.2) is 6.29 Å². The monoisotopic (exact) mass is 1480 g/mol. The van der Waals surface area contributed by atoms with Crippen LogP contribution in [0.4, 0.5) is 0 Å². The van der Waals surface area contributed by atoms with E-state index < -0.39 is 336 Å². The molecule has 9 heterocycles. The van der Waals surface area contributed by atoms with Crippen LogP contribution >= 0.6 is 0 Å². The predicted molar refractivity (Wildman–Crippen MR) is 297 cm³/mol. The van der Waals surface area contributed by atoms with Gasteiger partial charge in [-0.3, -0.25) is 0 Å².